The summed E-state index contributed by atoms with van der Waals surface area (Å²) in [6, 6.07) is 0.721. The van der Waals surface area contributed by atoms with Crippen molar-refractivity contribution in [1.29, 1.82) is 0 Å². The molecule has 1 fully saturated rings. The van der Waals surface area contributed by atoms with Crippen LogP contribution in [0.1, 0.15) is 45.4 Å². The maximum Gasteiger partial charge on any atom is 0.141 e. The van der Waals surface area contributed by atoms with Crippen LogP contribution in [0.5, 0.6) is 0 Å². The molecule has 0 spiro atoms. The van der Waals surface area contributed by atoms with Crippen molar-refractivity contribution in [2.75, 3.05) is 6.54 Å². The highest BCUT2D eigenvalue weighted by Crippen LogP contribution is 2.20. The summed E-state index contributed by atoms with van der Waals surface area (Å²) in [4.78, 5) is 6.87. The Balaban J connectivity index is 0.00000180. The van der Waals surface area contributed by atoms with Gasteiger partial charge in [-0.3, -0.25) is 4.90 Å². The van der Waals surface area contributed by atoms with Crippen LogP contribution in [0, 0.1) is 0 Å². The average molecular weight is 288 g/mol. The molecule has 0 aliphatic carbocycles. The molecule has 2 N–H and O–H groups in total. The highest BCUT2D eigenvalue weighted by molar-refractivity contribution is 5.85. The van der Waals surface area contributed by atoms with Gasteiger partial charge in [0.25, 0.3) is 0 Å². The number of aromatic nitrogens is 3. The highest BCUT2D eigenvalue weighted by atomic mass is 35.5. The van der Waals surface area contributed by atoms with E-state index in [2.05, 4.69) is 28.8 Å². The number of nitrogens with zero attached hydrogens (tertiary/aromatic N) is 4. The van der Waals surface area contributed by atoms with E-state index >= 15 is 0 Å². The Bertz CT molecular complexity index is 366. The van der Waals surface area contributed by atoms with Crippen LogP contribution in [0.4, 0.5) is 0 Å². The third-order valence-corrected chi connectivity index (χ3v) is 3.75. The number of rotatable bonds is 5. The van der Waals surface area contributed by atoms with E-state index in [1.807, 2.05) is 4.68 Å². The van der Waals surface area contributed by atoms with Gasteiger partial charge in [-0.2, -0.15) is 5.10 Å². The molecule has 6 heteroatoms. The van der Waals surface area contributed by atoms with Crippen LogP contribution in [0.2, 0.25) is 0 Å². The van der Waals surface area contributed by atoms with Gasteiger partial charge >= 0.3 is 0 Å². The molecule has 2 unspecified atom stereocenters. The number of hydrogen-bond donors (Lipinski definition) is 1. The topological polar surface area (TPSA) is 60.0 Å². The van der Waals surface area contributed by atoms with Crippen molar-refractivity contribution in [3.63, 3.8) is 0 Å². The summed E-state index contributed by atoms with van der Waals surface area (Å²) in [6.45, 7) is 7.24. The second kappa shape index (κ2) is 7.82. The Kier molecular flexibility index (Phi) is 6.75. The molecule has 1 aliphatic heterocycles. The summed E-state index contributed by atoms with van der Waals surface area (Å²) in [5.74, 6) is 1.07. The molecule has 2 heterocycles. The third kappa shape index (κ3) is 4.16. The third-order valence-electron chi connectivity index (χ3n) is 3.75. The zero-order valence-electron chi connectivity index (χ0n) is 12.0. The number of hydrogen-bond acceptors (Lipinski definition) is 4. The SMILES string of the molecule is CCCn1ncnc1CN1CCCCC1C(C)N.Cl. The zero-order chi connectivity index (χ0) is 13.0. The first-order chi connectivity index (χ1) is 8.72. The summed E-state index contributed by atoms with van der Waals surface area (Å²) in [7, 11) is 0. The van der Waals surface area contributed by atoms with E-state index < -0.39 is 0 Å². The first-order valence-corrected chi connectivity index (χ1v) is 7.08. The minimum absolute atomic E-state index is 0. The van der Waals surface area contributed by atoms with Crippen LogP contribution in [-0.4, -0.2) is 38.3 Å². The quantitative estimate of drug-likeness (QED) is 0.897. The maximum absolute atomic E-state index is 6.10. The van der Waals surface area contributed by atoms with Gasteiger partial charge in [0.05, 0.1) is 6.54 Å². The maximum atomic E-state index is 6.10. The smallest absolute Gasteiger partial charge is 0.141 e. The fraction of sp³-hybridized carbons (Fsp3) is 0.846. The van der Waals surface area contributed by atoms with Gasteiger partial charge in [-0.15, -0.1) is 12.4 Å². The van der Waals surface area contributed by atoms with E-state index in [1.165, 1.54) is 19.3 Å². The van der Waals surface area contributed by atoms with Gasteiger partial charge in [0, 0.05) is 18.6 Å². The van der Waals surface area contributed by atoms with Crippen LogP contribution in [0.3, 0.4) is 0 Å². The molecule has 1 aromatic heterocycles. The Hall–Kier alpha value is -0.650. The van der Waals surface area contributed by atoms with E-state index in [-0.39, 0.29) is 18.4 Å². The lowest BCUT2D eigenvalue weighted by Crippen LogP contribution is -2.48. The van der Waals surface area contributed by atoms with Gasteiger partial charge < -0.3 is 5.73 Å². The molecule has 0 radical (unpaired) electrons. The Morgan fingerprint density at radius 2 is 2.26 bits per heavy atom. The van der Waals surface area contributed by atoms with Gasteiger partial charge in [0.1, 0.15) is 12.2 Å². The summed E-state index contributed by atoms with van der Waals surface area (Å²) in [6.07, 6.45) is 6.53. The van der Waals surface area contributed by atoms with Crippen molar-refractivity contribution in [3.05, 3.63) is 12.2 Å². The van der Waals surface area contributed by atoms with E-state index in [4.69, 9.17) is 5.73 Å². The first-order valence-electron chi connectivity index (χ1n) is 7.08. The number of piperidine rings is 1. The van der Waals surface area contributed by atoms with Gasteiger partial charge in [-0.25, -0.2) is 9.67 Å². The molecular formula is C13H26ClN5. The molecule has 1 aliphatic rings. The van der Waals surface area contributed by atoms with E-state index in [9.17, 15) is 0 Å². The lowest BCUT2D eigenvalue weighted by Gasteiger charge is -2.37. The lowest BCUT2D eigenvalue weighted by molar-refractivity contribution is 0.118. The second-order valence-corrected chi connectivity index (χ2v) is 5.29. The zero-order valence-corrected chi connectivity index (χ0v) is 12.8. The molecule has 110 valence electrons. The average Bonchev–Trinajstić information content (AvgIpc) is 2.78. The number of halogens is 1. The van der Waals surface area contributed by atoms with E-state index in [1.54, 1.807) is 6.33 Å². The molecule has 2 rings (SSSR count). The molecule has 0 aromatic carbocycles. The second-order valence-electron chi connectivity index (χ2n) is 5.29. The van der Waals surface area contributed by atoms with Crippen molar-refractivity contribution in [2.24, 2.45) is 5.73 Å². The van der Waals surface area contributed by atoms with Crippen LogP contribution < -0.4 is 5.73 Å². The van der Waals surface area contributed by atoms with Crippen molar-refractivity contribution < 1.29 is 0 Å². The molecule has 2 atom stereocenters. The molecule has 1 saturated heterocycles. The summed E-state index contributed by atoms with van der Waals surface area (Å²) < 4.78 is 2.02. The van der Waals surface area contributed by atoms with Crippen molar-refractivity contribution in [1.82, 2.24) is 19.7 Å². The molecule has 0 saturated carbocycles. The molecule has 1 aromatic rings. The van der Waals surface area contributed by atoms with Crippen LogP contribution in [0.25, 0.3) is 0 Å². The van der Waals surface area contributed by atoms with Gasteiger partial charge in [-0.05, 0) is 32.7 Å². The summed E-state index contributed by atoms with van der Waals surface area (Å²) >= 11 is 0. The largest absolute Gasteiger partial charge is 0.327 e. The standard InChI is InChI=1S/C13H25N5.ClH/c1-3-7-18-13(15-10-16-18)9-17-8-5-4-6-12(17)11(2)14;/h10-12H,3-9,14H2,1-2H3;1H. The van der Waals surface area contributed by atoms with Gasteiger partial charge in [-0.1, -0.05) is 13.3 Å². The normalized spacial score (nSPS) is 21.9. The number of nitrogens with two attached hydrogens (primary N) is 1. The fourth-order valence-corrected chi connectivity index (χ4v) is 2.80. The molecular weight excluding hydrogens is 262 g/mol. The molecule has 0 amide bonds. The Labute approximate surface area is 122 Å². The monoisotopic (exact) mass is 287 g/mol. The predicted octanol–water partition coefficient (Wildman–Crippen LogP) is 1.81. The van der Waals surface area contributed by atoms with Crippen molar-refractivity contribution in [3.8, 4) is 0 Å². The first kappa shape index (κ1) is 16.4. The lowest BCUT2D eigenvalue weighted by atomic mass is 9.97. The van der Waals surface area contributed by atoms with E-state index in [0.29, 0.717) is 6.04 Å². The summed E-state index contributed by atoms with van der Waals surface area (Å²) in [5.41, 5.74) is 6.10. The molecule has 5 nitrogen and oxygen atoms in total. The van der Waals surface area contributed by atoms with Gasteiger partial charge in [0.2, 0.25) is 0 Å². The Morgan fingerprint density at radius 3 is 2.95 bits per heavy atom. The number of likely N-dealkylation sites (tertiary alicyclic amines) is 1. The van der Waals surface area contributed by atoms with Crippen LogP contribution >= 0.6 is 12.4 Å². The molecule has 0 bridgehead atoms. The van der Waals surface area contributed by atoms with Crippen LogP contribution in [0.15, 0.2) is 6.33 Å². The van der Waals surface area contributed by atoms with E-state index in [0.717, 1.165) is 31.9 Å². The highest BCUT2D eigenvalue weighted by Gasteiger charge is 2.26. The predicted molar refractivity (Wildman–Crippen MR) is 79.3 cm³/mol. The fourth-order valence-electron chi connectivity index (χ4n) is 2.80. The summed E-state index contributed by atoms with van der Waals surface area (Å²) in [5, 5.41) is 4.29. The Morgan fingerprint density at radius 1 is 1.47 bits per heavy atom. The molecule has 19 heavy (non-hydrogen) atoms. The minimum Gasteiger partial charge on any atom is -0.327 e. The minimum atomic E-state index is 0. The van der Waals surface area contributed by atoms with Crippen molar-refractivity contribution in [2.45, 2.75) is 64.7 Å². The van der Waals surface area contributed by atoms with Crippen LogP contribution in [-0.2, 0) is 13.1 Å². The van der Waals surface area contributed by atoms with Gasteiger partial charge in [0.15, 0.2) is 0 Å². The van der Waals surface area contributed by atoms with Crippen molar-refractivity contribution >= 4 is 12.4 Å². The number of aryl methyl sites for hydroxylation is 1.